The maximum absolute atomic E-state index is 13.5. The third kappa shape index (κ3) is 5.76. The van der Waals surface area contributed by atoms with Gasteiger partial charge in [0.25, 0.3) is 0 Å². The summed E-state index contributed by atoms with van der Waals surface area (Å²) in [5, 5.41) is 9.65. The van der Waals surface area contributed by atoms with E-state index in [4.69, 9.17) is 21.1 Å². The van der Waals surface area contributed by atoms with E-state index in [0.717, 1.165) is 24.0 Å². The Morgan fingerprint density at radius 2 is 1.81 bits per heavy atom. The van der Waals surface area contributed by atoms with E-state index in [-0.39, 0.29) is 44.8 Å². The zero-order valence-corrected chi connectivity index (χ0v) is 21.5. The van der Waals surface area contributed by atoms with Crippen LogP contribution in [-0.4, -0.2) is 45.6 Å². The first-order valence-electron chi connectivity index (χ1n) is 11.7. The van der Waals surface area contributed by atoms with Crippen LogP contribution >= 0.6 is 11.6 Å². The molecule has 198 valence electrons. The third-order valence-corrected chi connectivity index (χ3v) is 7.93. The van der Waals surface area contributed by atoms with Crippen molar-refractivity contribution in [2.75, 3.05) is 24.3 Å². The Kier molecular flexibility index (Phi) is 6.28. The van der Waals surface area contributed by atoms with Gasteiger partial charge in [0.1, 0.15) is 18.4 Å². The minimum absolute atomic E-state index is 0.0268. The maximum atomic E-state index is 13.5. The number of alkyl halides is 3. The van der Waals surface area contributed by atoms with Gasteiger partial charge in [-0.15, -0.1) is 0 Å². The lowest BCUT2D eigenvalue weighted by Gasteiger charge is -2.69. The molecule has 0 amide bonds. The van der Waals surface area contributed by atoms with Crippen molar-refractivity contribution < 1.29 is 31.1 Å². The fraction of sp³-hybridized carbons (Fsp3) is 0.480. The molecule has 12 heteroatoms. The minimum atomic E-state index is -4.52. The summed E-state index contributed by atoms with van der Waals surface area (Å²) >= 11 is 6.32. The van der Waals surface area contributed by atoms with Gasteiger partial charge in [-0.1, -0.05) is 11.6 Å². The predicted octanol–water partition coefficient (Wildman–Crippen LogP) is 5.30. The highest BCUT2D eigenvalue weighted by atomic mass is 35.5. The summed E-state index contributed by atoms with van der Waals surface area (Å²) in [6.07, 6.45) is 0.394. The van der Waals surface area contributed by atoms with Crippen molar-refractivity contribution in [3.63, 3.8) is 0 Å². The van der Waals surface area contributed by atoms with Crippen molar-refractivity contribution >= 4 is 33.0 Å². The molecule has 0 atom stereocenters. The van der Waals surface area contributed by atoms with E-state index in [1.54, 1.807) is 12.1 Å². The molecule has 0 radical (unpaired) electrons. The van der Waals surface area contributed by atoms with E-state index in [0.29, 0.717) is 31.6 Å². The lowest BCUT2D eigenvalue weighted by Crippen LogP contribution is -2.76. The fourth-order valence-electron chi connectivity index (χ4n) is 5.41. The van der Waals surface area contributed by atoms with Crippen molar-refractivity contribution in [2.45, 2.75) is 49.9 Å². The largest absolute Gasteiger partial charge is 0.493 e. The van der Waals surface area contributed by atoms with Gasteiger partial charge in [0, 0.05) is 22.3 Å². The van der Waals surface area contributed by atoms with E-state index in [9.17, 15) is 26.9 Å². The first-order valence-corrected chi connectivity index (χ1v) is 14.0. The van der Waals surface area contributed by atoms with Gasteiger partial charge in [0.15, 0.2) is 5.75 Å². The summed E-state index contributed by atoms with van der Waals surface area (Å²) in [5.41, 5.74) is 0.00789. The lowest BCUT2D eigenvalue weighted by atomic mass is 9.40. The number of hydrogen-bond acceptors (Lipinski definition) is 6. The van der Waals surface area contributed by atoms with E-state index < -0.39 is 22.7 Å². The molecule has 4 aliphatic rings. The molecular weight excluding hydrogens is 531 g/mol. The van der Waals surface area contributed by atoms with E-state index >= 15 is 0 Å². The molecule has 2 bridgehead atoms. The van der Waals surface area contributed by atoms with Gasteiger partial charge >= 0.3 is 6.18 Å². The van der Waals surface area contributed by atoms with Gasteiger partial charge in [-0.2, -0.15) is 18.4 Å². The molecule has 4 saturated carbocycles. The number of hydrogen-bond donors (Lipinski definition) is 1. The number of nitriles is 1. The van der Waals surface area contributed by atoms with Crippen LogP contribution in [0.4, 0.5) is 24.5 Å². The molecule has 37 heavy (non-hydrogen) atoms. The quantitative estimate of drug-likeness (QED) is 0.427. The number of rotatable bonds is 10. The Balaban J connectivity index is 1.30. The zero-order valence-electron chi connectivity index (χ0n) is 19.9. The van der Waals surface area contributed by atoms with Crippen LogP contribution in [0, 0.1) is 16.7 Å². The Bertz CT molecular complexity index is 1340. The van der Waals surface area contributed by atoms with Crippen LogP contribution in [0.15, 0.2) is 36.4 Å². The van der Waals surface area contributed by atoms with E-state index in [2.05, 4.69) is 4.72 Å². The lowest BCUT2D eigenvalue weighted by molar-refractivity contribution is -0.162. The number of anilines is 2. The highest BCUT2D eigenvalue weighted by molar-refractivity contribution is 7.88. The Labute approximate surface area is 218 Å². The summed E-state index contributed by atoms with van der Waals surface area (Å²) in [4.78, 5) is 1.04. The molecule has 0 spiro atoms. The molecule has 0 saturated heterocycles. The van der Waals surface area contributed by atoms with Gasteiger partial charge in [0.05, 0.1) is 29.6 Å². The summed E-state index contributed by atoms with van der Waals surface area (Å²) in [7, 11) is -3.27. The average Bonchev–Trinajstić information content (AvgIpc) is 3.57. The third-order valence-electron chi connectivity index (χ3n) is 6.84. The molecule has 0 aliphatic heterocycles. The molecule has 4 fully saturated rings. The van der Waals surface area contributed by atoms with Crippen LogP contribution in [0.25, 0.3) is 0 Å². The SMILES string of the molecule is CS(=O)(=O)NC12CC(COc3ccc(N(CC(F)(F)F)c4cc(Cl)c(OC5CC5)c(C#N)c4)cc3)(C1)C2. The molecule has 0 heterocycles. The van der Waals surface area contributed by atoms with Crippen LogP contribution < -0.4 is 19.1 Å². The number of halogens is 4. The number of benzene rings is 2. The first-order chi connectivity index (χ1) is 17.3. The van der Waals surface area contributed by atoms with Gasteiger partial charge in [-0.05, 0) is 68.5 Å². The molecule has 2 aromatic rings. The molecule has 0 unspecified atom stereocenters. The summed E-state index contributed by atoms with van der Waals surface area (Å²) < 4.78 is 77.8. The standard InChI is InChI=1S/C25H25ClF3N3O4S/c1-37(33,34)31-24-11-23(12-24,13-24)15-35-19-4-2-17(3-5-19)32(14-25(27,28)29)18-8-16(10-30)22(21(26)9-18)36-20-6-7-20/h2-5,8-9,20,31H,6-7,11-15H2,1H3. The second-order valence-corrected chi connectivity index (χ2v) is 12.6. The molecule has 7 nitrogen and oxygen atoms in total. The smallest absolute Gasteiger partial charge is 0.406 e. The highest BCUT2D eigenvalue weighted by Crippen LogP contribution is 2.67. The van der Waals surface area contributed by atoms with Gasteiger partial charge in [-0.3, -0.25) is 0 Å². The predicted molar refractivity (Wildman–Crippen MR) is 132 cm³/mol. The van der Waals surface area contributed by atoms with Crippen molar-refractivity contribution in [3.8, 4) is 17.6 Å². The van der Waals surface area contributed by atoms with Crippen molar-refractivity contribution in [3.05, 3.63) is 47.0 Å². The molecular formula is C25H25ClF3N3O4S. The summed E-state index contributed by atoms with van der Waals surface area (Å²) in [6, 6.07) is 10.9. The normalized spacial score (nSPS) is 24.4. The number of ether oxygens (including phenoxy) is 2. The minimum Gasteiger partial charge on any atom is -0.493 e. The Hall–Kier alpha value is -2.68. The highest BCUT2D eigenvalue weighted by Gasteiger charge is 2.69. The summed E-state index contributed by atoms with van der Waals surface area (Å²) in [6.45, 7) is -0.884. The topological polar surface area (TPSA) is 91.7 Å². The fourth-order valence-corrected chi connectivity index (χ4v) is 6.67. The first kappa shape index (κ1) is 25.9. The van der Waals surface area contributed by atoms with Crippen molar-refractivity contribution in [1.82, 2.24) is 4.72 Å². The second-order valence-electron chi connectivity index (χ2n) is 10.4. The Morgan fingerprint density at radius 3 is 2.35 bits per heavy atom. The van der Waals surface area contributed by atoms with E-state index in [1.807, 2.05) is 6.07 Å². The average molecular weight is 556 g/mol. The molecule has 4 aliphatic carbocycles. The van der Waals surface area contributed by atoms with Crippen molar-refractivity contribution in [1.29, 1.82) is 5.26 Å². The van der Waals surface area contributed by atoms with Crippen molar-refractivity contribution in [2.24, 2.45) is 5.41 Å². The van der Waals surface area contributed by atoms with Gasteiger partial charge in [0.2, 0.25) is 10.0 Å². The number of sulfonamides is 1. The molecule has 2 aromatic carbocycles. The summed E-state index contributed by atoms with van der Waals surface area (Å²) in [5.74, 6) is 0.683. The van der Waals surface area contributed by atoms with Crippen LogP contribution in [0.5, 0.6) is 11.5 Å². The Morgan fingerprint density at radius 1 is 1.16 bits per heavy atom. The van der Waals surface area contributed by atoms with E-state index in [1.165, 1.54) is 24.3 Å². The number of nitrogens with zero attached hydrogens (tertiary/aromatic N) is 2. The maximum Gasteiger partial charge on any atom is 0.406 e. The second kappa shape index (κ2) is 8.96. The van der Waals surface area contributed by atoms with Gasteiger partial charge < -0.3 is 14.4 Å². The number of nitrogens with one attached hydrogen (secondary N) is 1. The monoisotopic (exact) mass is 555 g/mol. The zero-order chi connectivity index (χ0) is 26.6. The van der Waals surface area contributed by atoms with Crippen LogP contribution in [0.1, 0.15) is 37.7 Å². The van der Waals surface area contributed by atoms with Crippen LogP contribution in [0.2, 0.25) is 5.02 Å². The molecule has 0 aromatic heterocycles. The molecule has 6 rings (SSSR count). The van der Waals surface area contributed by atoms with Crippen LogP contribution in [-0.2, 0) is 10.0 Å². The van der Waals surface area contributed by atoms with Gasteiger partial charge in [-0.25, -0.2) is 13.1 Å². The van der Waals surface area contributed by atoms with Crippen LogP contribution in [0.3, 0.4) is 0 Å². The molecule has 1 N–H and O–H groups in total.